The number of rotatable bonds is 3. The highest BCUT2D eigenvalue weighted by Gasteiger charge is 2.41. The smallest absolute Gasteiger partial charge is 0.137 e. The minimum absolute atomic E-state index is 0.597. The summed E-state index contributed by atoms with van der Waals surface area (Å²) in [6, 6.07) is 1.39. The molecule has 3 heterocycles. The van der Waals surface area contributed by atoms with E-state index in [1.54, 1.807) is 0 Å². The summed E-state index contributed by atoms with van der Waals surface area (Å²) in [5, 5.41) is 12.1. The van der Waals surface area contributed by atoms with Gasteiger partial charge in [0.25, 0.3) is 0 Å². The van der Waals surface area contributed by atoms with Crippen molar-refractivity contribution in [3.63, 3.8) is 0 Å². The van der Waals surface area contributed by atoms with E-state index in [0.29, 0.717) is 17.9 Å². The van der Waals surface area contributed by atoms with E-state index in [4.69, 9.17) is 0 Å². The molecule has 2 saturated heterocycles. The molecule has 3 atom stereocenters. The molecule has 0 radical (unpaired) electrons. The lowest BCUT2D eigenvalue weighted by atomic mass is 9.88. The maximum Gasteiger partial charge on any atom is 0.137 e. The summed E-state index contributed by atoms with van der Waals surface area (Å²) in [6.07, 6.45) is 5.80. The van der Waals surface area contributed by atoms with Gasteiger partial charge in [-0.25, -0.2) is 0 Å². The van der Waals surface area contributed by atoms with Crippen molar-refractivity contribution in [1.82, 2.24) is 20.1 Å². The number of aromatic nitrogens is 3. The van der Waals surface area contributed by atoms with Crippen molar-refractivity contribution in [2.24, 2.45) is 5.92 Å². The summed E-state index contributed by atoms with van der Waals surface area (Å²) >= 11 is 0. The Bertz CT molecular complexity index is 371. The van der Waals surface area contributed by atoms with Gasteiger partial charge in [0.15, 0.2) is 0 Å². The molecule has 2 bridgehead atoms. The van der Waals surface area contributed by atoms with Gasteiger partial charge >= 0.3 is 0 Å². The molecule has 4 heteroatoms. The fourth-order valence-corrected chi connectivity index (χ4v) is 3.19. The zero-order valence-corrected chi connectivity index (χ0v) is 10.1. The predicted octanol–water partition coefficient (Wildman–Crippen LogP) is 1.54. The van der Waals surface area contributed by atoms with Crippen LogP contribution in [0.5, 0.6) is 0 Å². The van der Waals surface area contributed by atoms with Crippen LogP contribution in [0.3, 0.4) is 0 Å². The van der Waals surface area contributed by atoms with E-state index in [2.05, 4.69) is 33.9 Å². The monoisotopic (exact) mass is 220 g/mol. The van der Waals surface area contributed by atoms with Crippen molar-refractivity contribution in [3.8, 4) is 0 Å². The summed E-state index contributed by atoms with van der Waals surface area (Å²) in [5.41, 5.74) is 0. The van der Waals surface area contributed by atoms with E-state index in [1.807, 2.05) is 6.33 Å². The van der Waals surface area contributed by atoms with Crippen LogP contribution in [0.2, 0.25) is 0 Å². The fraction of sp³-hybridized carbons (Fsp3) is 0.833. The van der Waals surface area contributed by atoms with Crippen molar-refractivity contribution in [2.45, 2.75) is 57.7 Å². The maximum atomic E-state index is 4.34. The lowest BCUT2D eigenvalue weighted by Crippen LogP contribution is -2.24. The Labute approximate surface area is 96.4 Å². The summed E-state index contributed by atoms with van der Waals surface area (Å²) < 4.78 is 2.25. The predicted molar refractivity (Wildman–Crippen MR) is 62.2 cm³/mol. The number of hydrogen-bond acceptors (Lipinski definition) is 3. The van der Waals surface area contributed by atoms with Gasteiger partial charge < -0.3 is 9.88 Å². The van der Waals surface area contributed by atoms with Crippen LogP contribution in [0.4, 0.5) is 0 Å². The van der Waals surface area contributed by atoms with Crippen LogP contribution in [0.1, 0.15) is 44.9 Å². The Morgan fingerprint density at radius 2 is 2.38 bits per heavy atom. The number of nitrogens with one attached hydrogen (secondary N) is 1. The minimum atomic E-state index is 0.597. The Hall–Kier alpha value is -0.900. The van der Waals surface area contributed by atoms with Crippen molar-refractivity contribution in [3.05, 3.63) is 12.2 Å². The van der Waals surface area contributed by atoms with Gasteiger partial charge in [0.2, 0.25) is 0 Å². The standard InChI is InChI=1S/C12H20N4/c1-8(2)6-16-7-13-15-12(16)10-5-9-3-4-11(10)14-9/h7-11,14H,3-6H2,1-2H3. The highest BCUT2D eigenvalue weighted by atomic mass is 15.3. The van der Waals surface area contributed by atoms with E-state index < -0.39 is 0 Å². The van der Waals surface area contributed by atoms with Crippen LogP contribution >= 0.6 is 0 Å². The number of nitrogens with zero attached hydrogens (tertiary/aromatic N) is 3. The highest BCUT2D eigenvalue weighted by Crippen LogP contribution is 2.39. The molecule has 2 aliphatic rings. The van der Waals surface area contributed by atoms with E-state index >= 15 is 0 Å². The molecule has 0 spiro atoms. The fourth-order valence-electron chi connectivity index (χ4n) is 3.19. The van der Waals surface area contributed by atoms with Gasteiger partial charge in [-0.05, 0) is 25.2 Å². The topological polar surface area (TPSA) is 42.7 Å². The molecule has 0 aliphatic carbocycles. The lowest BCUT2D eigenvalue weighted by Gasteiger charge is -2.20. The third-order valence-electron chi connectivity index (χ3n) is 3.84. The molecule has 0 saturated carbocycles. The first-order valence-corrected chi connectivity index (χ1v) is 6.38. The molecule has 4 nitrogen and oxygen atoms in total. The summed E-state index contributed by atoms with van der Waals surface area (Å²) in [4.78, 5) is 0. The Kier molecular flexibility index (Phi) is 2.46. The molecular weight excluding hydrogens is 200 g/mol. The zero-order chi connectivity index (χ0) is 11.1. The Morgan fingerprint density at radius 3 is 3.00 bits per heavy atom. The van der Waals surface area contributed by atoms with E-state index in [0.717, 1.165) is 12.6 Å². The molecule has 1 aromatic rings. The second-order valence-corrected chi connectivity index (χ2v) is 5.62. The summed E-state index contributed by atoms with van der Waals surface area (Å²) in [7, 11) is 0. The normalized spacial score (nSPS) is 32.8. The van der Waals surface area contributed by atoms with Crippen LogP contribution in [0.15, 0.2) is 6.33 Å². The Balaban J connectivity index is 1.81. The molecule has 3 unspecified atom stereocenters. The lowest BCUT2D eigenvalue weighted by molar-refractivity contribution is 0.440. The molecule has 2 fully saturated rings. The van der Waals surface area contributed by atoms with Gasteiger partial charge in [0, 0.05) is 24.5 Å². The minimum Gasteiger partial charge on any atom is -0.317 e. The first-order chi connectivity index (χ1) is 7.74. The molecule has 0 amide bonds. The average Bonchev–Trinajstić information content (AvgIpc) is 2.89. The van der Waals surface area contributed by atoms with Crippen molar-refractivity contribution in [2.75, 3.05) is 0 Å². The highest BCUT2D eigenvalue weighted by molar-refractivity contribution is 5.11. The van der Waals surface area contributed by atoms with Crippen LogP contribution < -0.4 is 5.32 Å². The van der Waals surface area contributed by atoms with E-state index in [9.17, 15) is 0 Å². The summed E-state index contributed by atoms with van der Waals surface area (Å²) in [5.74, 6) is 2.45. The molecule has 1 N–H and O–H groups in total. The van der Waals surface area contributed by atoms with Crippen LogP contribution in [-0.2, 0) is 6.54 Å². The van der Waals surface area contributed by atoms with Gasteiger partial charge in [0.05, 0.1) is 0 Å². The van der Waals surface area contributed by atoms with E-state index in [1.165, 1.54) is 25.1 Å². The molecule has 16 heavy (non-hydrogen) atoms. The average molecular weight is 220 g/mol. The third kappa shape index (κ3) is 1.65. The second-order valence-electron chi connectivity index (χ2n) is 5.62. The van der Waals surface area contributed by atoms with Gasteiger partial charge in [-0.15, -0.1) is 10.2 Å². The Morgan fingerprint density at radius 1 is 1.50 bits per heavy atom. The number of fused-ring (bicyclic) bond motifs is 2. The molecule has 3 rings (SSSR count). The zero-order valence-electron chi connectivity index (χ0n) is 10.1. The quantitative estimate of drug-likeness (QED) is 0.840. The SMILES string of the molecule is CC(C)Cn1cnnc1C1CC2CCC1N2. The molecule has 0 aromatic carbocycles. The van der Waals surface area contributed by atoms with Crippen molar-refractivity contribution in [1.29, 1.82) is 0 Å². The molecule has 1 aromatic heterocycles. The summed E-state index contributed by atoms with van der Waals surface area (Å²) in [6.45, 7) is 5.52. The first-order valence-electron chi connectivity index (χ1n) is 6.38. The van der Waals surface area contributed by atoms with Gasteiger partial charge in [-0.3, -0.25) is 0 Å². The van der Waals surface area contributed by atoms with Crippen molar-refractivity contribution < 1.29 is 0 Å². The van der Waals surface area contributed by atoms with Crippen LogP contribution in [0, 0.1) is 5.92 Å². The van der Waals surface area contributed by atoms with E-state index in [-0.39, 0.29) is 0 Å². The molecule has 2 aliphatic heterocycles. The third-order valence-corrected chi connectivity index (χ3v) is 3.84. The second kappa shape index (κ2) is 3.84. The van der Waals surface area contributed by atoms with Gasteiger partial charge in [-0.1, -0.05) is 13.8 Å². The van der Waals surface area contributed by atoms with Gasteiger partial charge in [-0.2, -0.15) is 0 Å². The first kappa shape index (κ1) is 10.3. The molecule has 88 valence electrons. The van der Waals surface area contributed by atoms with Gasteiger partial charge in [0.1, 0.15) is 12.2 Å². The van der Waals surface area contributed by atoms with Crippen LogP contribution in [-0.4, -0.2) is 26.8 Å². The van der Waals surface area contributed by atoms with Crippen LogP contribution in [0.25, 0.3) is 0 Å². The largest absolute Gasteiger partial charge is 0.317 e. The number of hydrogen-bond donors (Lipinski definition) is 1. The van der Waals surface area contributed by atoms with Crippen molar-refractivity contribution >= 4 is 0 Å². The molecular formula is C12H20N4. The maximum absolute atomic E-state index is 4.34.